The Morgan fingerprint density at radius 2 is 1.08 bits per heavy atom. The van der Waals surface area contributed by atoms with Gasteiger partial charge in [0.2, 0.25) is 0 Å². The van der Waals surface area contributed by atoms with E-state index in [2.05, 4.69) is 176 Å². The number of benzene rings is 5. The standard InChI is InChI=1S/C45H36N4/c1-29-26-39(46-28-36(29)31-18-9-6-10-19-31)49-38-25-14-12-23-35(38)41-42(45(2,3)4)40-34-22-11-13-24-37(34)48(43(40)47-44(41)49)33-21-15-20-32(27-33)30-16-7-5-8-17-30/h5-28H,1-4H3. The van der Waals surface area contributed by atoms with Gasteiger partial charge < -0.3 is 0 Å². The Morgan fingerprint density at radius 1 is 0.531 bits per heavy atom. The third kappa shape index (κ3) is 4.59. The maximum atomic E-state index is 5.68. The van der Waals surface area contributed by atoms with Gasteiger partial charge in [-0.15, -0.1) is 0 Å². The summed E-state index contributed by atoms with van der Waals surface area (Å²) in [5.74, 6) is 0.865. The minimum Gasteiger partial charge on any atom is -0.294 e. The maximum absolute atomic E-state index is 5.68. The lowest BCUT2D eigenvalue weighted by atomic mass is 9.82. The van der Waals surface area contributed by atoms with Crippen LogP contribution in [0.25, 0.3) is 77.6 Å². The van der Waals surface area contributed by atoms with E-state index >= 15 is 0 Å². The highest BCUT2D eigenvalue weighted by Gasteiger charge is 2.30. The van der Waals surface area contributed by atoms with E-state index in [1.165, 1.54) is 49.4 Å². The molecule has 0 bridgehead atoms. The highest BCUT2D eigenvalue weighted by atomic mass is 15.1. The number of nitrogens with zero attached hydrogens (tertiary/aromatic N) is 4. The molecule has 236 valence electrons. The number of aromatic nitrogens is 4. The van der Waals surface area contributed by atoms with Gasteiger partial charge in [0.15, 0.2) is 0 Å². The Bertz CT molecular complexity index is 2690. The molecule has 4 heteroatoms. The lowest BCUT2D eigenvalue weighted by Gasteiger charge is -2.22. The van der Waals surface area contributed by atoms with Crippen LogP contribution in [0.3, 0.4) is 0 Å². The number of rotatable bonds is 4. The van der Waals surface area contributed by atoms with Crippen LogP contribution in [0.2, 0.25) is 0 Å². The summed E-state index contributed by atoms with van der Waals surface area (Å²) in [7, 11) is 0. The van der Waals surface area contributed by atoms with Crippen LogP contribution in [0.1, 0.15) is 31.9 Å². The van der Waals surface area contributed by atoms with Crippen molar-refractivity contribution in [3.05, 3.63) is 157 Å². The summed E-state index contributed by atoms with van der Waals surface area (Å²) in [6.45, 7) is 9.15. The normalized spacial score (nSPS) is 12.1. The van der Waals surface area contributed by atoms with Gasteiger partial charge in [0, 0.05) is 39.0 Å². The fourth-order valence-corrected chi connectivity index (χ4v) is 7.66. The molecule has 4 heterocycles. The smallest absolute Gasteiger partial charge is 0.149 e. The zero-order chi connectivity index (χ0) is 33.3. The van der Waals surface area contributed by atoms with Crippen LogP contribution < -0.4 is 0 Å². The fraction of sp³-hybridized carbons (Fsp3) is 0.111. The Labute approximate surface area is 285 Å². The van der Waals surface area contributed by atoms with Gasteiger partial charge in [-0.25, -0.2) is 9.97 Å². The Balaban J connectivity index is 1.41. The van der Waals surface area contributed by atoms with Crippen molar-refractivity contribution >= 4 is 43.9 Å². The molecule has 0 saturated heterocycles. The van der Waals surface area contributed by atoms with Crippen molar-refractivity contribution in [2.45, 2.75) is 33.1 Å². The van der Waals surface area contributed by atoms with Crippen molar-refractivity contribution in [3.8, 4) is 33.8 Å². The summed E-state index contributed by atoms with van der Waals surface area (Å²) >= 11 is 0. The number of para-hydroxylation sites is 2. The molecular formula is C45H36N4. The van der Waals surface area contributed by atoms with Crippen molar-refractivity contribution in [2.24, 2.45) is 0 Å². The monoisotopic (exact) mass is 632 g/mol. The molecule has 9 aromatic rings. The molecule has 0 saturated carbocycles. The molecule has 0 amide bonds. The van der Waals surface area contributed by atoms with Crippen molar-refractivity contribution in [1.82, 2.24) is 19.1 Å². The molecule has 0 N–H and O–H groups in total. The van der Waals surface area contributed by atoms with Crippen LogP contribution in [0.5, 0.6) is 0 Å². The first-order valence-corrected chi connectivity index (χ1v) is 16.9. The third-order valence-electron chi connectivity index (χ3n) is 9.78. The van der Waals surface area contributed by atoms with E-state index in [0.29, 0.717) is 0 Å². The second-order valence-corrected chi connectivity index (χ2v) is 14.0. The maximum Gasteiger partial charge on any atom is 0.149 e. The highest BCUT2D eigenvalue weighted by Crippen LogP contribution is 2.45. The van der Waals surface area contributed by atoms with E-state index < -0.39 is 0 Å². The van der Waals surface area contributed by atoms with Crippen LogP contribution in [0.4, 0.5) is 0 Å². The Kier molecular flexibility index (Phi) is 6.57. The first kappa shape index (κ1) is 29.2. The van der Waals surface area contributed by atoms with Gasteiger partial charge in [-0.1, -0.05) is 130 Å². The van der Waals surface area contributed by atoms with Gasteiger partial charge in [0.05, 0.1) is 11.0 Å². The fourth-order valence-electron chi connectivity index (χ4n) is 7.66. The van der Waals surface area contributed by atoms with Crippen LogP contribution in [0.15, 0.2) is 146 Å². The van der Waals surface area contributed by atoms with E-state index in [-0.39, 0.29) is 5.41 Å². The Hall–Kier alpha value is -6.00. The second kappa shape index (κ2) is 11.0. The summed E-state index contributed by atoms with van der Waals surface area (Å²) in [5, 5.41) is 4.78. The van der Waals surface area contributed by atoms with Gasteiger partial charge in [-0.05, 0) is 70.5 Å². The first-order valence-electron chi connectivity index (χ1n) is 16.9. The molecule has 0 aliphatic rings. The van der Waals surface area contributed by atoms with Gasteiger partial charge in [-0.2, -0.15) is 0 Å². The summed E-state index contributed by atoms with van der Waals surface area (Å²) in [5.41, 5.74) is 12.2. The van der Waals surface area contributed by atoms with Crippen molar-refractivity contribution in [2.75, 3.05) is 0 Å². The number of hydrogen-bond acceptors (Lipinski definition) is 2. The topological polar surface area (TPSA) is 35.6 Å². The molecule has 4 aromatic heterocycles. The molecule has 0 aliphatic carbocycles. The number of pyridine rings is 2. The minimum absolute atomic E-state index is 0.185. The van der Waals surface area contributed by atoms with E-state index in [0.717, 1.165) is 39.4 Å². The Morgan fingerprint density at radius 3 is 1.71 bits per heavy atom. The first-order chi connectivity index (χ1) is 23.9. The number of hydrogen-bond donors (Lipinski definition) is 0. The van der Waals surface area contributed by atoms with E-state index in [1.807, 2.05) is 6.20 Å². The zero-order valence-electron chi connectivity index (χ0n) is 28.1. The van der Waals surface area contributed by atoms with Crippen molar-refractivity contribution < 1.29 is 0 Å². The molecule has 5 aromatic carbocycles. The van der Waals surface area contributed by atoms with Crippen LogP contribution in [0, 0.1) is 6.92 Å². The molecule has 0 atom stereocenters. The SMILES string of the molecule is Cc1cc(-n2c3ccccc3c3c(C(C)(C)C)c4c5ccccc5n(-c5cccc(-c6ccccc6)c5)c4nc32)ncc1-c1ccccc1. The predicted molar refractivity (Wildman–Crippen MR) is 205 cm³/mol. The van der Waals surface area contributed by atoms with Gasteiger partial charge in [-0.3, -0.25) is 9.13 Å². The summed E-state index contributed by atoms with van der Waals surface area (Å²) in [4.78, 5) is 10.8. The molecule has 4 nitrogen and oxygen atoms in total. The quantitative estimate of drug-likeness (QED) is 0.193. The molecule has 0 spiro atoms. The molecule has 49 heavy (non-hydrogen) atoms. The summed E-state index contributed by atoms with van der Waals surface area (Å²) < 4.78 is 4.62. The molecule has 0 unspecified atom stereocenters. The number of aryl methyl sites for hydroxylation is 1. The van der Waals surface area contributed by atoms with Gasteiger partial charge in [0.25, 0.3) is 0 Å². The number of fused-ring (bicyclic) bond motifs is 6. The summed E-state index contributed by atoms with van der Waals surface area (Å²) in [6, 6.07) is 49.6. The third-order valence-corrected chi connectivity index (χ3v) is 9.78. The van der Waals surface area contributed by atoms with E-state index in [1.54, 1.807) is 0 Å². The van der Waals surface area contributed by atoms with Crippen LogP contribution in [-0.4, -0.2) is 19.1 Å². The zero-order valence-corrected chi connectivity index (χ0v) is 28.1. The predicted octanol–water partition coefficient (Wildman–Crippen LogP) is 11.6. The minimum atomic E-state index is -0.185. The van der Waals surface area contributed by atoms with Crippen LogP contribution in [-0.2, 0) is 5.41 Å². The van der Waals surface area contributed by atoms with Gasteiger partial charge in [0.1, 0.15) is 17.1 Å². The molecule has 0 fully saturated rings. The average Bonchev–Trinajstić information content (AvgIpc) is 3.63. The molecule has 9 rings (SSSR count). The molecule has 0 radical (unpaired) electrons. The largest absolute Gasteiger partial charge is 0.294 e. The second-order valence-electron chi connectivity index (χ2n) is 14.0. The van der Waals surface area contributed by atoms with E-state index in [4.69, 9.17) is 9.97 Å². The van der Waals surface area contributed by atoms with Crippen LogP contribution >= 0.6 is 0 Å². The van der Waals surface area contributed by atoms with E-state index in [9.17, 15) is 0 Å². The highest BCUT2D eigenvalue weighted by molar-refractivity contribution is 6.20. The lowest BCUT2D eigenvalue weighted by molar-refractivity contribution is 0.601. The van der Waals surface area contributed by atoms with Gasteiger partial charge >= 0.3 is 0 Å². The van der Waals surface area contributed by atoms with Crippen molar-refractivity contribution in [3.63, 3.8) is 0 Å². The summed E-state index contributed by atoms with van der Waals surface area (Å²) in [6.07, 6.45) is 2.01. The van der Waals surface area contributed by atoms with Crippen molar-refractivity contribution in [1.29, 1.82) is 0 Å². The molecule has 0 aliphatic heterocycles. The lowest BCUT2D eigenvalue weighted by Crippen LogP contribution is -2.13. The molecular weight excluding hydrogens is 597 g/mol. The average molecular weight is 633 g/mol.